The molecule has 1 aliphatic heterocycles. The first-order chi connectivity index (χ1) is 17.7. The van der Waals surface area contributed by atoms with Crippen LogP contribution in [0.1, 0.15) is 5.69 Å². The van der Waals surface area contributed by atoms with Crippen molar-refractivity contribution in [2.75, 3.05) is 59.8 Å². The zero-order valence-electron chi connectivity index (χ0n) is 20.7. The van der Waals surface area contributed by atoms with Crippen LogP contribution < -0.4 is 20.4 Å². The fourth-order valence-corrected chi connectivity index (χ4v) is 5.05. The number of hydrogen-bond donors (Lipinski definition) is 3. The lowest BCUT2D eigenvalue weighted by molar-refractivity contribution is 0.283. The van der Waals surface area contributed by atoms with Gasteiger partial charge >= 0.3 is 0 Å². The van der Waals surface area contributed by atoms with E-state index in [0.717, 1.165) is 54.7 Å². The number of sulfonamides is 1. The van der Waals surface area contributed by atoms with Gasteiger partial charge < -0.3 is 15.5 Å². The van der Waals surface area contributed by atoms with Gasteiger partial charge in [-0.3, -0.25) is 9.73 Å². The summed E-state index contributed by atoms with van der Waals surface area (Å²) < 4.78 is 26.7. The van der Waals surface area contributed by atoms with Gasteiger partial charge in [0.15, 0.2) is 0 Å². The van der Waals surface area contributed by atoms with E-state index in [4.69, 9.17) is 5.10 Å². The summed E-state index contributed by atoms with van der Waals surface area (Å²) in [5.74, 6) is 0.878. The maximum atomic E-state index is 11.8. The van der Waals surface area contributed by atoms with Crippen molar-refractivity contribution in [2.45, 2.75) is 6.92 Å². The third-order valence-corrected chi connectivity index (χ3v) is 7.24. The molecule has 2 aromatic carbocycles. The number of aromatic nitrogens is 4. The fraction of sp³-hybridized carbons (Fsp3) is 0.292. The second kappa shape index (κ2) is 10.1. The molecule has 0 atom stereocenters. The summed E-state index contributed by atoms with van der Waals surface area (Å²) in [6.07, 6.45) is 2.75. The van der Waals surface area contributed by atoms with Crippen LogP contribution in [0.3, 0.4) is 0 Å². The molecule has 0 aliphatic carbocycles. The number of hydrogen-bond acceptors (Lipinski definition) is 9. The second-order valence-electron chi connectivity index (χ2n) is 9.02. The van der Waals surface area contributed by atoms with Gasteiger partial charge in [-0.05, 0) is 60.2 Å². The van der Waals surface area contributed by atoms with Gasteiger partial charge in [-0.2, -0.15) is 14.9 Å². The minimum absolute atomic E-state index is 0.391. The van der Waals surface area contributed by atoms with Gasteiger partial charge in [0.05, 0.1) is 33.3 Å². The van der Waals surface area contributed by atoms with Gasteiger partial charge in [0, 0.05) is 43.4 Å². The van der Waals surface area contributed by atoms with E-state index in [0.29, 0.717) is 27.6 Å². The molecule has 0 bridgehead atoms. The summed E-state index contributed by atoms with van der Waals surface area (Å²) in [6, 6.07) is 13.1. The number of para-hydroxylation sites is 2. The molecular weight excluding hydrogens is 558 g/mol. The summed E-state index contributed by atoms with van der Waals surface area (Å²) in [5.41, 5.74) is 3.82. The third kappa shape index (κ3) is 5.78. The maximum absolute atomic E-state index is 11.8. The first kappa shape index (κ1) is 25.2. The molecule has 2 aromatic heterocycles. The number of fused-ring (bicyclic) bond motifs is 1. The summed E-state index contributed by atoms with van der Waals surface area (Å²) in [7, 11) is -1.30. The van der Waals surface area contributed by atoms with Crippen molar-refractivity contribution >= 4 is 65.7 Å². The van der Waals surface area contributed by atoms with Crippen molar-refractivity contribution in [3.05, 3.63) is 58.8 Å². The van der Waals surface area contributed by atoms with E-state index >= 15 is 0 Å². The van der Waals surface area contributed by atoms with E-state index in [1.54, 1.807) is 24.4 Å². The number of likely N-dealkylation sites (N-methyl/N-ethyl adjacent to an activating group) is 1. The summed E-state index contributed by atoms with van der Waals surface area (Å²) in [5, 5.41) is 14.6. The van der Waals surface area contributed by atoms with Crippen molar-refractivity contribution < 1.29 is 8.42 Å². The normalized spacial score (nSPS) is 14.6. The molecule has 4 aromatic rings. The Kier molecular flexibility index (Phi) is 6.92. The summed E-state index contributed by atoms with van der Waals surface area (Å²) in [4.78, 5) is 13.3. The van der Waals surface area contributed by atoms with Crippen LogP contribution in [-0.2, 0) is 10.0 Å². The molecule has 0 unspecified atom stereocenters. The SMILES string of the molecule is Cc1nn(N2CCN(C)CC2)c2ccc(Nc3ncc(Br)c(Nc4ccccc4NS(C)(=O)=O)n3)cc12. The molecule has 194 valence electrons. The predicted octanol–water partition coefficient (Wildman–Crippen LogP) is 3.64. The number of piperazine rings is 1. The molecule has 13 heteroatoms. The van der Waals surface area contributed by atoms with Gasteiger partial charge in [0.1, 0.15) is 5.82 Å². The molecular formula is C24H28BrN9O2S. The highest BCUT2D eigenvalue weighted by Gasteiger charge is 2.18. The molecule has 1 fully saturated rings. The minimum atomic E-state index is -3.44. The molecule has 37 heavy (non-hydrogen) atoms. The van der Waals surface area contributed by atoms with Crippen molar-refractivity contribution in [3.63, 3.8) is 0 Å². The van der Waals surface area contributed by atoms with Crippen LogP contribution in [0.2, 0.25) is 0 Å². The van der Waals surface area contributed by atoms with Gasteiger partial charge in [-0.1, -0.05) is 12.1 Å². The van der Waals surface area contributed by atoms with Crippen LogP contribution >= 0.6 is 15.9 Å². The van der Waals surface area contributed by atoms with Crippen LogP contribution in [0.4, 0.5) is 28.8 Å². The molecule has 1 aliphatic rings. The maximum Gasteiger partial charge on any atom is 0.229 e. The zero-order valence-corrected chi connectivity index (χ0v) is 23.1. The number of aryl methyl sites for hydroxylation is 1. The molecule has 0 saturated carbocycles. The Bertz CT molecular complexity index is 1550. The first-order valence-corrected chi connectivity index (χ1v) is 14.4. The Morgan fingerprint density at radius 3 is 2.46 bits per heavy atom. The molecule has 0 radical (unpaired) electrons. The van der Waals surface area contributed by atoms with Crippen LogP contribution in [-0.4, -0.2) is 72.7 Å². The Morgan fingerprint density at radius 1 is 1.00 bits per heavy atom. The largest absolute Gasteiger partial charge is 0.337 e. The Labute approximate surface area is 224 Å². The number of rotatable bonds is 7. The summed E-state index contributed by atoms with van der Waals surface area (Å²) in [6.45, 7) is 5.88. The molecule has 11 nitrogen and oxygen atoms in total. The quantitative estimate of drug-likeness (QED) is 0.298. The molecule has 5 rings (SSSR count). The van der Waals surface area contributed by atoms with Crippen LogP contribution in [0.25, 0.3) is 10.9 Å². The van der Waals surface area contributed by atoms with Gasteiger partial charge in [-0.25, -0.2) is 13.4 Å². The molecule has 3 heterocycles. The summed E-state index contributed by atoms with van der Waals surface area (Å²) >= 11 is 3.47. The van der Waals surface area contributed by atoms with Crippen LogP contribution in [0.5, 0.6) is 0 Å². The van der Waals surface area contributed by atoms with E-state index in [9.17, 15) is 8.42 Å². The van der Waals surface area contributed by atoms with E-state index < -0.39 is 10.0 Å². The van der Waals surface area contributed by atoms with Gasteiger partial charge in [-0.15, -0.1) is 0 Å². The van der Waals surface area contributed by atoms with E-state index in [1.807, 2.05) is 29.9 Å². The van der Waals surface area contributed by atoms with Crippen molar-refractivity contribution in [1.82, 2.24) is 24.8 Å². The van der Waals surface area contributed by atoms with Crippen molar-refractivity contribution in [2.24, 2.45) is 0 Å². The van der Waals surface area contributed by atoms with Gasteiger partial charge in [0.25, 0.3) is 0 Å². The van der Waals surface area contributed by atoms with Gasteiger partial charge in [0.2, 0.25) is 16.0 Å². The number of halogens is 1. The lowest BCUT2D eigenvalue weighted by Gasteiger charge is -2.33. The number of anilines is 5. The van der Waals surface area contributed by atoms with E-state index in [1.165, 1.54) is 0 Å². The molecule has 3 N–H and O–H groups in total. The molecule has 0 amide bonds. The number of nitrogens with one attached hydrogen (secondary N) is 3. The zero-order chi connectivity index (χ0) is 26.2. The van der Waals surface area contributed by atoms with E-state index in [2.05, 4.69) is 64.3 Å². The number of nitrogens with zero attached hydrogens (tertiary/aromatic N) is 6. The first-order valence-electron chi connectivity index (χ1n) is 11.7. The van der Waals surface area contributed by atoms with E-state index in [-0.39, 0.29) is 0 Å². The third-order valence-electron chi connectivity index (χ3n) is 6.07. The minimum Gasteiger partial charge on any atom is -0.337 e. The lowest BCUT2D eigenvalue weighted by Crippen LogP contribution is -2.50. The highest BCUT2D eigenvalue weighted by molar-refractivity contribution is 9.10. The molecule has 1 saturated heterocycles. The van der Waals surface area contributed by atoms with Crippen molar-refractivity contribution in [1.29, 1.82) is 0 Å². The Balaban J connectivity index is 1.38. The second-order valence-corrected chi connectivity index (χ2v) is 11.6. The van der Waals surface area contributed by atoms with Crippen LogP contribution in [0.15, 0.2) is 53.1 Å². The Morgan fingerprint density at radius 2 is 1.73 bits per heavy atom. The van der Waals surface area contributed by atoms with Crippen molar-refractivity contribution in [3.8, 4) is 0 Å². The monoisotopic (exact) mass is 585 g/mol. The predicted molar refractivity (Wildman–Crippen MR) is 151 cm³/mol. The fourth-order valence-electron chi connectivity index (χ4n) is 4.18. The smallest absolute Gasteiger partial charge is 0.229 e. The molecule has 0 spiro atoms. The Hall–Kier alpha value is -3.42. The average molecular weight is 587 g/mol. The lowest BCUT2D eigenvalue weighted by atomic mass is 10.2. The highest BCUT2D eigenvalue weighted by atomic mass is 79.9. The van der Waals surface area contributed by atoms with Crippen LogP contribution in [0, 0.1) is 6.92 Å². The topological polar surface area (TPSA) is 120 Å². The number of benzene rings is 2. The average Bonchev–Trinajstić information content (AvgIpc) is 3.18. The highest BCUT2D eigenvalue weighted by Crippen LogP contribution is 2.30. The standard InChI is InChI=1S/C24H28BrN9O2S/c1-16-18-14-17(8-9-22(18)34(30-16)33-12-10-32(2)11-13-33)27-24-26-15-19(25)23(29-24)28-20-6-4-5-7-21(20)31-37(3,35)36/h4-9,14-15,31H,10-13H2,1-3H3,(H2,26,27,28,29).